The Kier molecular flexibility index (Phi) is 16.7. The number of hydrogen-bond donors (Lipinski definition) is 1. The molecule has 1 nitrogen and oxygen atoms in total. The topological polar surface area (TPSA) is 16.6 Å². The third kappa shape index (κ3) is 8.63. The molecule has 2 atom stereocenters. The fraction of sp³-hybridized carbons (Fsp3) is 0.478. The van der Waals surface area contributed by atoms with Crippen LogP contribution in [-0.2, 0) is 0 Å². The first-order chi connectivity index (χ1) is 31.9. The van der Waals surface area contributed by atoms with Gasteiger partial charge in [-0.25, -0.2) is 87.8 Å². The lowest BCUT2D eigenvalue weighted by Crippen LogP contribution is -2.99. The van der Waals surface area contributed by atoms with E-state index in [-0.39, 0.29) is 0 Å². The Morgan fingerprint density at radius 3 is 0.647 bits per heavy atom. The summed E-state index contributed by atoms with van der Waals surface area (Å²) in [6, 6.07) is 1.73. The molecule has 0 radical (unpaired) electrons. The Bertz CT molecular complexity index is 2120. The van der Waals surface area contributed by atoms with Gasteiger partial charge in [0.15, 0.2) is 69.8 Å². The van der Waals surface area contributed by atoms with E-state index in [0.717, 1.165) is 12.1 Å². The van der Waals surface area contributed by atoms with Crippen molar-refractivity contribution in [2.45, 2.75) is 130 Å². The van der Waals surface area contributed by atoms with Crippen LogP contribution < -0.4 is 27.2 Å². The monoisotopic (exact) mass is 1000 g/mol. The summed E-state index contributed by atoms with van der Waals surface area (Å²) in [7, 11) is 0. The van der Waals surface area contributed by atoms with Crippen molar-refractivity contribution in [2.24, 2.45) is 10.8 Å². The van der Waals surface area contributed by atoms with Crippen LogP contribution in [0.5, 0.6) is 0 Å². The molecule has 0 saturated heterocycles. The van der Waals surface area contributed by atoms with Crippen LogP contribution >= 0.6 is 0 Å². The number of quaternary nitrogens is 1. The maximum absolute atomic E-state index is 15.4. The van der Waals surface area contributed by atoms with E-state index >= 15 is 35.1 Å². The van der Waals surface area contributed by atoms with Crippen LogP contribution in [0.15, 0.2) is 0 Å². The summed E-state index contributed by atoms with van der Waals surface area (Å²) in [5, 5.41) is 2.91. The molecule has 22 heteroatoms. The molecule has 0 amide bonds. The number of nitrogens with two attached hydrogens (primary N) is 1. The van der Waals surface area contributed by atoms with Crippen molar-refractivity contribution >= 4 is 28.0 Å². The van der Waals surface area contributed by atoms with Gasteiger partial charge in [0.1, 0.15) is 52.7 Å². The molecule has 2 N–H and O–H groups in total. The number of hydrogen-bond acceptors (Lipinski definition) is 0. The van der Waals surface area contributed by atoms with E-state index in [4.69, 9.17) is 0 Å². The second kappa shape index (κ2) is 20.8. The van der Waals surface area contributed by atoms with Crippen LogP contribution in [0.25, 0.3) is 0 Å². The molecule has 2 unspecified atom stereocenters. The minimum Gasteiger partial charge on any atom is -0.340 e. The Balaban J connectivity index is 0.000000314. The van der Waals surface area contributed by atoms with Gasteiger partial charge in [0.25, 0.3) is 0 Å². The summed E-state index contributed by atoms with van der Waals surface area (Å²) in [6.07, 6.45) is 13.2. The van der Waals surface area contributed by atoms with Gasteiger partial charge in [0.05, 0.1) is 12.1 Å². The van der Waals surface area contributed by atoms with E-state index in [0.29, 0.717) is 10.8 Å². The maximum atomic E-state index is 15.4. The van der Waals surface area contributed by atoms with Crippen molar-refractivity contribution < 1.29 is 93.1 Å². The van der Waals surface area contributed by atoms with Gasteiger partial charge in [0.2, 0.25) is 0 Å². The SMILES string of the molecule is CCC([NH2+]C(CC)C1(CC)CCCCC1)C1(CC)CCCCC1.Fc1c(F)c(F)c([B-](c2c(F)c(F)c(F)c(F)c2F)(c2c(F)c(F)c(F)c(F)c2F)c2c(F)c(F)c(F)c(F)c2F)c(F)c1F. The van der Waals surface area contributed by atoms with Crippen LogP contribution in [0.1, 0.15) is 118 Å². The molecule has 2 fully saturated rings. The van der Waals surface area contributed by atoms with Crippen LogP contribution in [0.2, 0.25) is 0 Å². The summed E-state index contributed by atoms with van der Waals surface area (Å²) in [5.41, 5.74) is -13.0. The average molecular weight is 1000 g/mol. The summed E-state index contributed by atoms with van der Waals surface area (Å²) in [4.78, 5) is 0. The zero-order valence-electron chi connectivity index (χ0n) is 36.8. The minimum absolute atomic E-state index is 0.643. The van der Waals surface area contributed by atoms with Gasteiger partial charge in [-0.1, -0.05) is 66.2 Å². The molecule has 6 rings (SSSR count). The molecular weight excluding hydrogens is 957 g/mol. The van der Waals surface area contributed by atoms with Crippen LogP contribution in [-0.4, -0.2) is 18.2 Å². The van der Waals surface area contributed by atoms with Gasteiger partial charge in [0, 0.05) is 10.8 Å². The fourth-order valence-electron chi connectivity index (χ4n) is 11.2. The molecule has 4 aromatic rings. The highest BCUT2D eigenvalue weighted by Gasteiger charge is 2.53. The second-order valence-electron chi connectivity index (χ2n) is 17.6. The summed E-state index contributed by atoms with van der Waals surface area (Å²) in [6.45, 7) is 9.86. The van der Waals surface area contributed by atoms with Gasteiger partial charge in [-0.3, -0.25) is 0 Å². The van der Waals surface area contributed by atoms with Crippen molar-refractivity contribution in [3.8, 4) is 0 Å². The van der Waals surface area contributed by atoms with Gasteiger partial charge in [-0.05, 0) is 51.4 Å². The van der Waals surface area contributed by atoms with Crippen LogP contribution in [0.4, 0.5) is 87.8 Å². The highest BCUT2D eigenvalue weighted by molar-refractivity contribution is 7.20. The first kappa shape index (κ1) is 54.4. The molecule has 68 heavy (non-hydrogen) atoms. The third-order valence-corrected chi connectivity index (χ3v) is 14.7. The molecule has 0 spiro atoms. The second-order valence-corrected chi connectivity index (χ2v) is 17.6. The molecule has 0 bridgehead atoms. The first-order valence-corrected chi connectivity index (χ1v) is 21.9. The average Bonchev–Trinajstić information content (AvgIpc) is 3.34. The lowest BCUT2D eigenvalue weighted by molar-refractivity contribution is -0.747. The molecule has 2 aliphatic carbocycles. The van der Waals surface area contributed by atoms with Gasteiger partial charge >= 0.3 is 0 Å². The number of halogens is 20. The Labute approximate surface area is 377 Å². The van der Waals surface area contributed by atoms with E-state index < -0.39 is 144 Å². The Hall–Kier alpha value is -4.50. The third-order valence-electron chi connectivity index (χ3n) is 14.7. The summed E-state index contributed by atoms with van der Waals surface area (Å²) < 4.78 is 294. The van der Waals surface area contributed by atoms with Gasteiger partial charge in [-0.15, -0.1) is 21.9 Å². The Morgan fingerprint density at radius 1 is 0.309 bits per heavy atom. The smallest absolute Gasteiger partial charge is 0.200 e. The minimum atomic E-state index is -7.22. The highest BCUT2D eigenvalue weighted by atomic mass is 19.2. The predicted octanol–water partition coefficient (Wildman–Crippen LogP) is 11.7. The molecule has 0 aliphatic heterocycles. The normalized spacial score (nSPS) is 16.9. The van der Waals surface area contributed by atoms with Crippen LogP contribution in [0.3, 0.4) is 0 Å². The first-order valence-electron chi connectivity index (χ1n) is 21.9. The highest BCUT2D eigenvalue weighted by Crippen LogP contribution is 2.45. The lowest BCUT2D eigenvalue weighted by Gasteiger charge is -2.47. The van der Waals surface area contributed by atoms with E-state index in [1.54, 1.807) is 0 Å². The quantitative estimate of drug-likeness (QED) is 0.0630. The molecule has 376 valence electrons. The van der Waals surface area contributed by atoms with E-state index in [1.165, 1.54) is 89.9 Å². The van der Waals surface area contributed by atoms with Crippen molar-refractivity contribution in [1.29, 1.82) is 0 Å². The summed E-state index contributed by atoms with van der Waals surface area (Å²) in [5.74, 6) is -71.4. The maximum Gasteiger partial charge on any atom is 0.200 e. The number of rotatable bonds is 12. The zero-order chi connectivity index (χ0) is 51.1. The van der Waals surface area contributed by atoms with Crippen molar-refractivity contribution in [2.75, 3.05) is 0 Å². The van der Waals surface area contributed by atoms with Crippen molar-refractivity contribution in [3.05, 3.63) is 116 Å². The fourth-order valence-corrected chi connectivity index (χ4v) is 11.2. The van der Waals surface area contributed by atoms with E-state index in [1.807, 2.05) is 0 Å². The van der Waals surface area contributed by atoms with Crippen molar-refractivity contribution in [1.82, 2.24) is 0 Å². The standard InChI is InChI=1S/C24BF20.C22H43N/c26-5-1(6(27)14(35)21(42)13(5)34)25(2-7(28)15(36)22(43)16(37)8(2)29,3-9(30)17(38)23(44)18(39)10(3)31)4-11(32)19(40)24(45)20(41)12(4)33;1-5-19(21(7-3)15-11-9-12-16-21)23-20(6-2)22(8-4)17-13-10-14-18-22/h;19-20,23H,5-18H2,1-4H3/q-1;/p+1. The molecule has 2 aliphatic rings. The van der Waals surface area contributed by atoms with Crippen molar-refractivity contribution in [3.63, 3.8) is 0 Å². The molecule has 0 aromatic heterocycles. The summed E-state index contributed by atoms with van der Waals surface area (Å²) >= 11 is 0. The lowest BCUT2D eigenvalue weighted by atomic mass is 9.12. The molecule has 2 saturated carbocycles. The molecular formula is C46H44BF20N. The predicted molar refractivity (Wildman–Crippen MR) is 211 cm³/mol. The largest absolute Gasteiger partial charge is 0.340 e. The zero-order valence-corrected chi connectivity index (χ0v) is 36.8. The van der Waals surface area contributed by atoms with Gasteiger partial charge in [-0.2, -0.15) is 0 Å². The van der Waals surface area contributed by atoms with Gasteiger partial charge < -0.3 is 5.32 Å². The van der Waals surface area contributed by atoms with E-state index in [2.05, 4.69) is 33.0 Å². The van der Waals surface area contributed by atoms with E-state index in [9.17, 15) is 52.7 Å². The molecule has 4 aromatic carbocycles. The van der Waals surface area contributed by atoms with Crippen LogP contribution in [0, 0.1) is 127 Å². The number of benzene rings is 4. The Morgan fingerprint density at radius 2 is 0.485 bits per heavy atom. The molecule has 0 heterocycles.